The number of carbonyl (C=O) groups excluding carboxylic acids is 1. The number of nitrogens with one attached hydrogen (secondary N) is 1. The second-order valence-electron chi connectivity index (χ2n) is 5.17. The van der Waals surface area contributed by atoms with Crippen LogP contribution in [0.4, 0.5) is 5.82 Å². The van der Waals surface area contributed by atoms with Gasteiger partial charge in [-0.2, -0.15) is 0 Å². The number of hydrogen-bond donors (Lipinski definition) is 1. The van der Waals surface area contributed by atoms with E-state index in [1.165, 1.54) is 39.7 Å². The Morgan fingerprint density at radius 1 is 1.11 bits per heavy atom. The Hall–Kier alpha value is -3.56. The molecule has 0 aliphatic rings. The molecule has 0 bridgehead atoms. The molecule has 27 heavy (non-hydrogen) atoms. The summed E-state index contributed by atoms with van der Waals surface area (Å²) in [5.74, 6) is 0.497. The maximum Gasteiger partial charge on any atom is 0.406 e. The second-order valence-corrected chi connectivity index (χ2v) is 5.17. The van der Waals surface area contributed by atoms with E-state index in [1.807, 2.05) is 0 Å². The van der Waals surface area contributed by atoms with Crippen LogP contribution in [0.2, 0.25) is 0 Å². The topological polar surface area (TPSA) is 122 Å². The van der Waals surface area contributed by atoms with Crippen LogP contribution in [0.5, 0.6) is 23.0 Å². The molecule has 0 saturated heterocycles. The third-order valence-corrected chi connectivity index (χ3v) is 3.55. The van der Waals surface area contributed by atoms with E-state index in [0.29, 0.717) is 22.8 Å². The fourth-order valence-electron chi connectivity index (χ4n) is 2.25. The smallest absolute Gasteiger partial charge is 0.406 e. The summed E-state index contributed by atoms with van der Waals surface area (Å²) in [5.41, 5.74) is 0.663. The van der Waals surface area contributed by atoms with Crippen LogP contribution in [0.1, 0.15) is 5.56 Å². The molecule has 1 heterocycles. The highest BCUT2D eigenvalue weighted by Crippen LogP contribution is 2.34. The third-order valence-electron chi connectivity index (χ3n) is 3.55. The van der Waals surface area contributed by atoms with Crippen molar-refractivity contribution in [2.24, 2.45) is 0 Å². The first-order valence-corrected chi connectivity index (χ1v) is 7.78. The Bertz CT molecular complexity index is 826. The highest BCUT2D eigenvalue weighted by atomic mass is 16.6. The van der Waals surface area contributed by atoms with E-state index in [-0.39, 0.29) is 12.3 Å². The zero-order valence-corrected chi connectivity index (χ0v) is 15.1. The molecule has 10 nitrogen and oxygen atoms in total. The minimum Gasteiger partial charge on any atom is -0.496 e. The molecule has 0 aliphatic heterocycles. The normalized spacial score (nSPS) is 10.0. The standard InChI is InChI=1S/C17H19N3O7/c1-24-13-8-15(26-3)14(25-2)7-11(13)9-19-16(21)10-27-12-5-4-6-18-17(12)20(22)23/h4-8H,9-10H2,1-3H3,(H,19,21). The molecule has 1 aromatic carbocycles. The molecule has 0 radical (unpaired) electrons. The molecular formula is C17H19N3O7. The monoisotopic (exact) mass is 377 g/mol. The summed E-state index contributed by atoms with van der Waals surface area (Å²) in [7, 11) is 4.51. The van der Waals surface area contributed by atoms with Gasteiger partial charge in [-0.3, -0.25) is 4.79 Å². The number of carbonyl (C=O) groups is 1. The lowest BCUT2D eigenvalue weighted by Crippen LogP contribution is -2.28. The SMILES string of the molecule is COc1cc(OC)c(OC)cc1CNC(=O)COc1cccnc1[N+](=O)[O-]. The predicted molar refractivity (Wildman–Crippen MR) is 94.3 cm³/mol. The van der Waals surface area contributed by atoms with Crippen molar-refractivity contribution in [1.82, 2.24) is 10.3 Å². The molecule has 0 saturated carbocycles. The number of benzene rings is 1. The first-order chi connectivity index (χ1) is 13.0. The Labute approximate surface area is 155 Å². The van der Waals surface area contributed by atoms with Crippen molar-refractivity contribution >= 4 is 11.7 Å². The van der Waals surface area contributed by atoms with Gasteiger partial charge in [0.2, 0.25) is 5.75 Å². The van der Waals surface area contributed by atoms with E-state index in [0.717, 1.165) is 0 Å². The Kier molecular flexibility index (Phi) is 6.75. The number of amides is 1. The number of ether oxygens (including phenoxy) is 4. The summed E-state index contributed by atoms with van der Waals surface area (Å²) in [5, 5.41) is 13.5. The van der Waals surface area contributed by atoms with Crippen LogP contribution in [0, 0.1) is 10.1 Å². The minimum absolute atomic E-state index is 0.0821. The molecule has 2 aromatic rings. The van der Waals surface area contributed by atoms with Gasteiger partial charge < -0.3 is 34.4 Å². The summed E-state index contributed by atoms with van der Waals surface area (Å²) in [6, 6.07) is 6.19. The van der Waals surface area contributed by atoms with Crippen molar-refractivity contribution in [1.29, 1.82) is 0 Å². The van der Waals surface area contributed by atoms with Crippen LogP contribution in [0.3, 0.4) is 0 Å². The van der Waals surface area contributed by atoms with Gasteiger partial charge in [-0.25, -0.2) is 0 Å². The van der Waals surface area contributed by atoms with Crippen LogP contribution >= 0.6 is 0 Å². The zero-order chi connectivity index (χ0) is 19.8. The molecule has 0 aliphatic carbocycles. The van der Waals surface area contributed by atoms with Crippen LogP contribution in [-0.2, 0) is 11.3 Å². The fraction of sp³-hybridized carbons (Fsp3) is 0.294. The molecule has 0 atom stereocenters. The Morgan fingerprint density at radius 2 is 1.78 bits per heavy atom. The van der Waals surface area contributed by atoms with Crippen molar-refractivity contribution < 1.29 is 28.7 Å². The lowest BCUT2D eigenvalue weighted by atomic mass is 10.1. The summed E-state index contributed by atoms with van der Waals surface area (Å²) in [6.45, 7) is -0.261. The number of nitrogens with zero attached hydrogens (tertiary/aromatic N) is 2. The average Bonchev–Trinajstić information content (AvgIpc) is 2.69. The number of nitro groups is 1. The van der Waals surface area contributed by atoms with Gasteiger partial charge in [-0.05, 0) is 28.1 Å². The second kappa shape index (κ2) is 9.22. The van der Waals surface area contributed by atoms with Crippen LogP contribution in [0.25, 0.3) is 0 Å². The first-order valence-electron chi connectivity index (χ1n) is 7.78. The van der Waals surface area contributed by atoms with Crippen molar-refractivity contribution in [2.75, 3.05) is 27.9 Å². The minimum atomic E-state index is -0.679. The highest BCUT2D eigenvalue weighted by molar-refractivity contribution is 5.77. The molecule has 1 N–H and O–H groups in total. The summed E-state index contributed by atoms with van der Waals surface area (Å²) < 4.78 is 20.9. The molecule has 144 valence electrons. The maximum absolute atomic E-state index is 12.0. The number of hydrogen-bond acceptors (Lipinski definition) is 8. The zero-order valence-electron chi connectivity index (χ0n) is 15.1. The number of pyridine rings is 1. The van der Waals surface area contributed by atoms with E-state index < -0.39 is 23.3 Å². The first kappa shape index (κ1) is 19.8. The Morgan fingerprint density at radius 3 is 2.41 bits per heavy atom. The van der Waals surface area contributed by atoms with Gasteiger partial charge in [0.1, 0.15) is 11.9 Å². The van der Waals surface area contributed by atoms with E-state index in [4.69, 9.17) is 18.9 Å². The van der Waals surface area contributed by atoms with E-state index in [2.05, 4.69) is 10.3 Å². The quantitative estimate of drug-likeness (QED) is 0.518. The van der Waals surface area contributed by atoms with Gasteiger partial charge >= 0.3 is 5.82 Å². The van der Waals surface area contributed by atoms with Gasteiger partial charge in [-0.15, -0.1) is 0 Å². The lowest BCUT2D eigenvalue weighted by molar-refractivity contribution is -0.390. The van der Waals surface area contributed by atoms with Gasteiger partial charge in [0.25, 0.3) is 5.91 Å². The van der Waals surface area contributed by atoms with E-state index in [1.54, 1.807) is 12.1 Å². The maximum atomic E-state index is 12.0. The van der Waals surface area contributed by atoms with Crippen molar-refractivity contribution in [3.63, 3.8) is 0 Å². The van der Waals surface area contributed by atoms with Gasteiger partial charge in [-0.1, -0.05) is 0 Å². The molecule has 1 amide bonds. The van der Waals surface area contributed by atoms with Gasteiger partial charge in [0, 0.05) is 18.2 Å². The number of aromatic nitrogens is 1. The molecular weight excluding hydrogens is 358 g/mol. The van der Waals surface area contributed by atoms with E-state index >= 15 is 0 Å². The fourth-order valence-corrected chi connectivity index (χ4v) is 2.25. The largest absolute Gasteiger partial charge is 0.496 e. The number of rotatable bonds is 9. The van der Waals surface area contributed by atoms with Crippen molar-refractivity contribution in [3.8, 4) is 23.0 Å². The molecule has 2 rings (SSSR count). The summed E-state index contributed by atoms with van der Waals surface area (Å²) >= 11 is 0. The lowest BCUT2D eigenvalue weighted by Gasteiger charge is -2.14. The average molecular weight is 377 g/mol. The molecule has 0 fully saturated rings. The number of methoxy groups -OCH3 is 3. The molecule has 1 aromatic heterocycles. The van der Waals surface area contributed by atoms with Crippen molar-refractivity contribution in [2.45, 2.75) is 6.54 Å². The summed E-state index contributed by atoms with van der Waals surface area (Å²) in [4.78, 5) is 25.8. The Balaban J connectivity index is 2.01. The van der Waals surface area contributed by atoms with Gasteiger partial charge in [0.15, 0.2) is 18.1 Å². The van der Waals surface area contributed by atoms with Crippen molar-refractivity contribution in [3.05, 3.63) is 46.1 Å². The van der Waals surface area contributed by atoms with Crippen LogP contribution < -0.4 is 24.3 Å². The van der Waals surface area contributed by atoms with E-state index in [9.17, 15) is 14.9 Å². The molecule has 0 spiro atoms. The third kappa shape index (κ3) is 4.97. The van der Waals surface area contributed by atoms with Crippen LogP contribution in [-0.4, -0.2) is 43.8 Å². The van der Waals surface area contributed by atoms with Crippen LogP contribution in [0.15, 0.2) is 30.5 Å². The highest BCUT2D eigenvalue weighted by Gasteiger charge is 2.17. The molecule has 10 heteroatoms. The summed E-state index contributed by atoms with van der Waals surface area (Å²) in [6.07, 6.45) is 1.27. The predicted octanol–water partition coefficient (Wildman–Crippen LogP) is 1.71. The molecule has 0 unspecified atom stereocenters. The van der Waals surface area contributed by atoms with Gasteiger partial charge in [0.05, 0.1) is 21.3 Å².